The van der Waals surface area contributed by atoms with Crippen molar-refractivity contribution in [1.29, 1.82) is 0 Å². The minimum absolute atomic E-state index is 0.128. The number of methoxy groups -OCH3 is 1. The molecule has 0 saturated carbocycles. The maximum atomic E-state index is 12.0. The van der Waals surface area contributed by atoms with Crippen LogP contribution in [0.2, 0.25) is 0 Å². The van der Waals surface area contributed by atoms with Crippen molar-refractivity contribution in [3.05, 3.63) is 11.8 Å². The highest BCUT2D eigenvalue weighted by Gasteiger charge is 2.34. The molecule has 1 aromatic rings. The number of hydrogen-bond acceptors (Lipinski definition) is 5. The predicted molar refractivity (Wildman–Crippen MR) is 84.9 cm³/mol. The lowest BCUT2D eigenvalue weighted by atomic mass is 10.1. The molecule has 2 saturated heterocycles. The average molecular weight is 309 g/mol. The van der Waals surface area contributed by atoms with E-state index in [9.17, 15) is 4.79 Å². The molecule has 0 bridgehead atoms. The molecule has 5 nitrogen and oxygen atoms in total. The average Bonchev–Trinajstić information content (AvgIpc) is 3.13. The van der Waals surface area contributed by atoms with Crippen LogP contribution in [0.3, 0.4) is 0 Å². The highest BCUT2D eigenvalue weighted by molar-refractivity contribution is 7.99. The van der Waals surface area contributed by atoms with E-state index in [-0.39, 0.29) is 12.0 Å². The van der Waals surface area contributed by atoms with E-state index in [2.05, 4.69) is 15.6 Å². The van der Waals surface area contributed by atoms with E-state index in [1.165, 1.54) is 18.6 Å². The monoisotopic (exact) mass is 309 g/mol. The number of aromatic nitrogens is 2. The highest BCUT2D eigenvalue weighted by atomic mass is 32.2. The molecule has 6 heteroatoms. The fourth-order valence-corrected chi connectivity index (χ4v) is 4.42. The third-order valence-electron chi connectivity index (χ3n) is 4.40. The molecule has 21 heavy (non-hydrogen) atoms. The van der Waals surface area contributed by atoms with Crippen LogP contribution in [0.5, 0.6) is 0 Å². The van der Waals surface area contributed by atoms with Gasteiger partial charge in [-0.05, 0) is 44.1 Å². The Hall–Kier alpha value is -1.17. The number of ether oxygens (including phenoxy) is 1. The molecule has 0 aromatic carbocycles. The van der Waals surface area contributed by atoms with Crippen molar-refractivity contribution >= 4 is 23.5 Å². The van der Waals surface area contributed by atoms with Gasteiger partial charge in [0, 0.05) is 12.6 Å². The topological polar surface area (TPSA) is 47.4 Å². The number of anilines is 1. The molecular weight excluding hydrogens is 286 g/mol. The van der Waals surface area contributed by atoms with Gasteiger partial charge in [0.2, 0.25) is 0 Å². The van der Waals surface area contributed by atoms with Gasteiger partial charge in [-0.15, -0.1) is 0 Å². The van der Waals surface area contributed by atoms with Gasteiger partial charge in [0.05, 0.1) is 18.8 Å². The van der Waals surface area contributed by atoms with Crippen LogP contribution in [0.25, 0.3) is 0 Å². The van der Waals surface area contributed by atoms with Crippen molar-refractivity contribution in [3.8, 4) is 0 Å². The molecule has 0 amide bonds. The molecule has 1 atom stereocenters. The van der Waals surface area contributed by atoms with Crippen LogP contribution in [0, 0.1) is 6.92 Å². The molecule has 2 aliphatic rings. The van der Waals surface area contributed by atoms with Gasteiger partial charge >= 0.3 is 5.97 Å². The van der Waals surface area contributed by atoms with Crippen molar-refractivity contribution in [1.82, 2.24) is 9.78 Å². The summed E-state index contributed by atoms with van der Waals surface area (Å²) in [6, 6.07) is 2.43. The lowest BCUT2D eigenvalue weighted by molar-refractivity contribution is -0.141. The molecule has 0 aliphatic carbocycles. The Kier molecular flexibility index (Phi) is 4.42. The Morgan fingerprint density at radius 2 is 2.14 bits per heavy atom. The van der Waals surface area contributed by atoms with Gasteiger partial charge in [-0.3, -0.25) is 0 Å². The third kappa shape index (κ3) is 2.91. The Balaban J connectivity index is 1.88. The van der Waals surface area contributed by atoms with Gasteiger partial charge in [0.1, 0.15) is 11.9 Å². The predicted octanol–water partition coefficient (Wildman–Crippen LogP) is 2.40. The maximum absolute atomic E-state index is 12.0. The quantitative estimate of drug-likeness (QED) is 0.802. The van der Waals surface area contributed by atoms with E-state index in [1.54, 1.807) is 0 Å². The Morgan fingerprint density at radius 1 is 1.38 bits per heavy atom. The zero-order valence-electron chi connectivity index (χ0n) is 12.7. The van der Waals surface area contributed by atoms with Crippen molar-refractivity contribution in [2.75, 3.05) is 30.1 Å². The van der Waals surface area contributed by atoms with Crippen LogP contribution in [-0.4, -0.2) is 47.0 Å². The van der Waals surface area contributed by atoms with E-state index in [4.69, 9.17) is 9.84 Å². The van der Waals surface area contributed by atoms with Gasteiger partial charge in [-0.1, -0.05) is 0 Å². The normalized spacial score (nSPS) is 23.5. The highest BCUT2D eigenvalue weighted by Crippen LogP contribution is 2.34. The van der Waals surface area contributed by atoms with Gasteiger partial charge in [-0.2, -0.15) is 16.9 Å². The van der Waals surface area contributed by atoms with Crippen LogP contribution in [0.4, 0.5) is 5.82 Å². The molecule has 2 aliphatic heterocycles. The number of carbonyl (C=O) groups is 1. The van der Waals surface area contributed by atoms with Crippen molar-refractivity contribution in [3.63, 3.8) is 0 Å². The van der Waals surface area contributed by atoms with Gasteiger partial charge in [-0.25, -0.2) is 9.48 Å². The fourth-order valence-electron chi connectivity index (χ4n) is 3.34. The number of esters is 1. The minimum Gasteiger partial charge on any atom is -0.467 e. The zero-order chi connectivity index (χ0) is 14.8. The second-order valence-corrected chi connectivity index (χ2v) is 7.03. The van der Waals surface area contributed by atoms with Crippen LogP contribution in [-0.2, 0) is 9.53 Å². The first-order valence-electron chi connectivity index (χ1n) is 7.69. The number of thioether (sulfide) groups is 1. The van der Waals surface area contributed by atoms with E-state index < -0.39 is 0 Å². The standard InChI is InChI=1S/C15H23N3O2S/c1-11-10-14(17-7-3-4-13(17)15(19)20-2)18(16-11)12-5-8-21-9-6-12/h10,12-13H,3-9H2,1-2H3. The summed E-state index contributed by atoms with van der Waals surface area (Å²) < 4.78 is 7.13. The molecule has 1 aromatic heterocycles. The summed E-state index contributed by atoms with van der Waals surface area (Å²) in [6.45, 7) is 2.94. The van der Waals surface area contributed by atoms with Crippen molar-refractivity contribution < 1.29 is 9.53 Å². The molecule has 2 fully saturated rings. The lowest BCUT2D eigenvalue weighted by Gasteiger charge is -2.29. The fraction of sp³-hybridized carbons (Fsp3) is 0.733. The first-order valence-corrected chi connectivity index (χ1v) is 8.84. The van der Waals surface area contributed by atoms with Crippen LogP contribution >= 0.6 is 11.8 Å². The molecule has 0 N–H and O–H groups in total. The molecule has 0 radical (unpaired) electrons. The Bertz CT molecular complexity index is 511. The van der Waals surface area contributed by atoms with Crippen LogP contribution in [0.1, 0.15) is 37.4 Å². The van der Waals surface area contributed by atoms with E-state index in [0.29, 0.717) is 6.04 Å². The number of nitrogens with zero attached hydrogens (tertiary/aromatic N) is 3. The Labute approximate surface area is 130 Å². The largest absolute Gasteiger partial charge is 0.467 e. The first-order chi connectivity index (χ1) is 10.2. The van der Waals surface area contributed by atoms with E-state index in [1.807, 2.05) is 18.7 Å². The molecule has 3 rings (SSSR count). The summed E-state index contributed by atoms with van der Waals surface area (Å²) in [4.78, 5) is 14.2. The number of aryl methyl sites for hydroxylation is 1. The number of hydrogen-bond donors (Lipinski definition) is 0. The summed E-state index contributed by atoms with van der Waals surface area (Å²) in [5.74, 6) is 3.36. The number of carbonyl (C=O) groups excluding carboxylic acids is 1. The molecule has 0 spiro atoms. The second kappa shape index (κ2) is 6.30. The molecule has 116 valence electrons. The second-order valence-electron chi connectivity index (χ2n) is 5.81. The zero-order valence-corrected chi connectivity index (χ0v) is 13.6. The summed E-state index contributed by atoms with van der Waals surface area (Å²) >= 11 is 2.02. The van der Waals surface area contributed by atoms with Crippen molar-refractivity contribution in [2.24, 2.45) is 0 Å². The van der Waals surface area contributed by atoms with Gasteiger partial charge in [0.25, 0.3) is 0 Å². The summed E-state index contributed by atoms with van der Waals surface area (Å²) in [5.41, 5.74) is 1.03. The van der Waals surface area contributed by atoms with Gasteiger partial charge in [0.15, 0.2) is 0 Å². The first kappa shape index (κ1) is 14.8. The lowest BCUT2D eigenvalue weighted by Crippen LogP contribution is -2.38. The number of rotatable bonds is 3. The molecular formula is C15H23N3O2S. The van der Waals surface area contributed by atoms with E-state index in [0.717, 1.165) is 43.7 Å². The molecule has 1 unspecified atom stereocenters. The maximum Gasteiger partial charge on any atom is 0.328 e. The summed E-state index contributed by atoms with van der Waals surface area (Å²) in [5, 5.41) is 4.71. The smallest absolute Gasteiger partial charge is 0.328 e. The van der Waals surface area contributed by atoms with E-state index >= 15 is 0 Å². The summed E-state index contributed by atoms with van der Waals surface area (Å²) in [6.07, 6.45) is 4.23. The SMILES string of the molecule is COC(=O)C1CCCN1c1cc(C)nn1C1CCSCC1. The van der Waals surface area contributed by atoms with Crippen LogP contribution in [0.15, 0.2) is 6.07 Å². The molecule has 3 heterocycles. The minimum atomic E-state index is -0.150. The Morgan fingerprint density at radius 3 is 2.86 bits per heavy atom. The van der Waals surface area contributed by atoms with Crippen molar-refractivity contribution in [2.45, 2.75) is 44.7 Å². The van der Waals surface area contributed by atoms with Gasteiger partial charge < -0.3 is 9.64 Å². The summed E-state index contributed by atoms with van der Waals surface area (Å²) in [7, 11) is 1.47. The van der Waals surface area contributed by atoms with Crippen LogP contribution < -0.4 is 4.90 Å². The third-order valence-corrected chi connectivity index (χ3v) is 5.44.